The topological polar surface area (TPSA) is 51.6 Å². The second-order valence-corrected chi connectivity index (χ2v) is 13.8. The first kappa shape index (κ1) is 30.3. The third-order valence-corrected chi connectivity index (χ3v) is 10.6. The maximum Gasteiger partial charge on any atom is 0.161 e. The van der Waals surface area contributed by atoms with Crippen LogP contribution in [0.3, 0.4) is 0 Å². The van der Waals surface area contributed by atoms with Crippen molar-refractivity contribution in [1.29, 1.82) is 0 Å². The Morgan fingerprint density at radius 1 is 0.259 bits per heavy atom. The molecule has 0 saturated carbocycles. The quantitative estimate of drug-likeness (QED) is 0.173. The summed E-state index contributed by atoms with van der Waals surface area (Å²) in [5, 5.41) is 11.4. The number of benzene rings is 9. The Labute approximate surface area is 311 Å². The van der Waals surface area contributed by atoms with Gasteiger partial charge in [-0.3, -0.25) is 0 Å². The number of nitrogens with zero attached hydrogens (tertiary/aromatic N) is 4. The van der Waals surface area contributed by atoms with Gasteiger partial charge in [0.1, 0.15) is 0 Å². The highest BCUT2D eigenvalue weighted by Gasteiger charge is 2.18. The molecule has 0 N–H and O–H groups in total. The lowest BCUT2D eigenvalue weighted by Crippen LogP contribution is -1.98. The molecule has 0 amide bonds. The fraction of sp³-hybridized carbons (Fsp3) is 0. The Balaban J connectivity index is 1.13. The maximum absolute atomic E-state index is 5.38. The van der Waals surface area contributed by atoms with E-state index in [0.29, 0.717) is 11.6 Å². The third kappa shape index (κ3) is 4.85. The monoisotopic (exact) mass is 686 g/mol. The number of hydrogen-bond acceptors (Lipinski definition) is 4. The Morgan fingerprint density at radius 2 is 0.630 bits per heavy atom. The van der Waals surface area contributed by atoms with E-state index in [1.165, 1.54) is 21.5 Å². The van der Waals surface area contributed by atoms with Crippen molar-refractivity contribution >= 4 is 64.9 Å². The van der Waals surface area contributed by atoms with Crippen LogP contribution < -0.4 is 0 Å². The standard InChI is InChI=1S/C50H30N4/c1-3-18-35-31(14-1)29-43(39-22-7-5-20-37(35)39)49-51-45-26-11-9-24-41(45)47(53-49)33-16-13-17-34(28-33)48-42-25-10-12-27-46(42)52-50(54-48)44-30-32-15-2-4-19-36(32)38-21-6-8-23-40(38)44/h1-30H. The van der Waals surface area contributed by atoms with Gasteiger partial charge in [-0.05, 0) is 73.4 Å². The molecule has 4 heteroatoms. The first-order valence-corrected chi connectivity index (χ1v) is 18.2. The molecule has 0 unspecified atom stereocenters. The molecule has 54 heavy (non-hydrogen) atoms. The molecule has 2 aromatic heterocycles. The van der Waals surface area contributed by atoms with Gasteiger partial charge in [0.15, 0.2) is 11.6 Å². The van der Waals surface area contributed by atoms with Gasteiger partial charge in [0.25, 0.3) is 0 Å². The second-order valence-electron chi connectivity index (χ2n) is 13.8. The normalized spacial score (nSPS) is 11.7. The first-order chi connectivity index (χ1) is 26.8. The molecule has 0 spiro atoms. The zero-order valence-corrected chi connectivity index (χ0v) is 29.1. The Kier molecular flexibility index (Phi) is 6.82. The molecule has 0 saturated heterocycles. The van der Waals surface area contributed by atoms with E-state index in [1.807, 2.05) is 12.1 Å². The Hall–Kier alpha value is -7.30. The van der Waals surface area contributed by atoms with Crippen molar-refractivity contribution in [2.24, 2.45) is 0 Å². The minimum absolute atomic E-state index is 0.703. The van der Waals surface area contributed by atoms with Gasteiger partial charge < -0.3 is 0 Å². The average molecular weight is 687 g/mol. The summed E-state index contributed by atoms with van der Waals surface area (Å²) in [6.07, 6.45) is 0. The third-order valence-electron chi connectivity index (χ3n) is 10.6. The summed E-state index contributed by atoms with van der Waals surface area (Å²) in [4.78, 5) is 21.1. The highest BCUT2D eigenvalue weighted by molar-refractivity contribution is 6.15. The fourth-order valence-corrected chi connectivity index (χ4v) is 8.13. The van der Waals surface area contributed by atoms with Crippen molar-refractivity contribution in [3.05, 3.63) is 182 Å². The summed E-state index contributed by atoms with van der Waals surface area (Å²) in [6.45, 7) is 0. The zero-order valence-electron chi connectivity index (χ0n) is 29.1. The van der Waals surface area contributed by atoms with Gasteiger partial charge in [0, 0.05) is 33.0 Å². The van der Waals surface area contributed by atoms with Gasteiger partial charge >= 0.3 is 0 Å². The first-order valence-electron chi connectivity index (χ1n) is 18.2. The number of aromatic nitrogens is 4. The lowest BCUT2D eigenvalue weighted by molar-refractivity contribution is 1.23. The summed E-state index contributed by atoms with van der Waals surface area (Å²) in [6, 6.07) is 63.8. The molecule has 4 nitrogen and oxygen atoms in total. The molecular weight excluding hydrogens is 657 g/mol. The van der Waals surface area contributed by atoms with Gasteiger partial charge in [-0.1, -0.05) is 152 Å². The molecule has 0 aliphatic heterocycles. The maximum atomic E-state index is 5.38. The number of para-hydroxylation sites is 2. The minimum atomic E-state index is 0.703. The van der Waals surface area contributed by atoms with E-state index >= 15 is 0 Å². The highest BCUT2D eigenvalue weighted by Crippen LogP contribution is 2.39. The average Bonchev–Trinajstić information content (AvgIpc) is 3.25. The summed E-state index contributed by atoms with van der Waals surface area (Å²) in [7, 11) is 0. The van der Waals surface area contributed by atoms with Crippen molar-refractivity contribution in [2.45, 2.75) is 0 Å². The Bertz CT molecular complexity index is 3080. The lowest BCUT2D eigenvalue weighted by atomic mass is 9.96. The molecule has 0 radical (unpaired) electrons. The smallest absolute Gasteiger partial charge is 0.161 e. The number of fused-ring (bicyclic) bond motifs is 8. The minimum Gasteiger partial charge on any atom is -0.228 e. The van der Waals surface area contributed by atoms with E-state index in [9.17, 15) is 0 Å². The van der Waals surface area contributed by atoms with E-state index in [0.717, 1.165) is 77.0 Å². The predicted octanol–water partition coefficient (Wildman–Crippen LogP) is 12.9. The molecule has 0 bridgehead atoms. The zero-order chi connectivity index (χ0) is 35.6. The van der Waals surface area contributed by atoms with Crippen molar-refractivity contribution in [1.82, 2.24) is 19.9 Å². The molecule has 250 valence electrons. The van der Waals surface area contributed by atoms with Gasteiger partial charge in [-0.2, -0.15) is 0 Å². The van der Waals surface area contributed by atoms with Crippen LogP contribution in [-0.4, -0.2) is 19.9 Å². The SMILES string of the molecule is c1cc(-c2nc(-c3cc4ccccc4c4ccccc34)nc3ccccc23)cc(-c2nc(-c3cc4ccccc4c4ccccc34)nc3ccccc23)c1. The van der Waals surface area contributed by atoms with E-state index in [-0.39, 0.29) is 0 Å². The molecule has 11 aromatic rings. The lowest BCUT2D eigenvalue weighted by Gasteiger charge is -2.15. The molecule has 0 fully saturated rings. The molecule has 2 heterocycles. The van der Waals surface area contributed by atoms with Crippen LogP contribution in [0.25, 0.3) is 110 Å². The van der Waals surface area contributed by atoms with Gasteiger partial charge in [0.2, 0.25) is 0 Å². The number of rotatable bonds is 4. The molecular formula is C50H30N4. The Morgan fingerprint density at radius 3 is 1.09 bits per heavy atom. The van der Waals surface area contributed by atoms with Crippen molar-refractivity contribution in [3.63, 3.8) is 0 Å². The largest absolute Gasteiger partial charge is 0.228 e. The fourth-order valence-electron chi connectivity index (χ4n) is 8.13. The van der Waals surface area contributed by atoms with Gasteiger partial charge in [-0.25, -0.2) is 19.9 Å². The number of hydrogen-bond donors (Lipinski definition) is 0. The molecule has 0 atom stereocenters. The van der Waals surface area contributed by atoms with Crippen LogP contribution in [0.2, 0.25) is 0 Å². The van der Waals surface area contributed by atoms with Crippen molar-refractivity contribution in [2.75, 3.05) is 0 Å². The van der Waals surface area contributed by atoms with E-state index in [2.05, 4.69) is 170 Å². The highest BCUT2D eigenvalue weighted by atomic mass is 14.9. The van der Waals surface area contributed by atoms with E-state index < -0.39 is 0 Å². The molecule has 0 aliphatic rings. The summed E-state index contributed by atoms with van der Waals surface area (Å²) >= 11 is 0. The van der Waals surface area contributed by atoms with Crippen LogP contribution in [0, 0.1) is 0 Å². The van der Waals surface area contributed by atoms with Crippen LogP contribution in [0.1, 0.15) is 0 Å². The van der Waals surface area contributed by atoms with Crippen molar-refractivity contribution in [3.8, 4) is 45.3 Å². The summed E-state index contributed by atoms with van der Waals surface area (Å²) in [5.74, 6) is 1.41. The van der Waals surface area contributed by atoms with E-state index in [1.54, 1.807) is 0 Å². The van der Waals surface area contributed by atoms with Crippen LogP contribution >= 0.6 is 0 Å². The molecule has 0 aliphatic carbocycles. The van der Waals surface area contributed by atoms with Crippen LogP contribution in [0.5, 0.6) is 0 Å². The summed E-state index contributed by atoms with van der Waals surface area (Å²) < 4.78 is 0. The van der Waals surface area contributed by atoms with Crippen molar-refractivity contribution < 1.29 is 0 Å². The second kappa shape index (κ2) is 12.1. The molecule has 9 aromatic carbocycles. The van der Waals surface area contributed by atoms with Gasteiger partial charge in [0.05, 0.1) is 22.4 Å². The van der Waals surface area contributed by atoms with Crippen LogP contribution in [-0.2, 0) is 0 Å². The summed E-state index contributed by atoms with van der Waals surface area (Å²) in [5.41, 5.74) is 7.59. The van der Waals surface area contributed by atoms with Gasteiger partial charge in [-0.15, -0.1) is 0 Å². The van der Waals surface area contributed by atoms with Crippen LogP contribution in [0.4, 0.5) is 0 Å². The van der Waals surface area contributed by atoms with E-state index in [4.69, 9.17) is 19.9 Å². The molecule has 11 rings (SSSR count). The van der Waals surface area contributed by atoms with Crippen LogP contribution in [0.15, 0.2) is 182 Å². The predicted molar refractivity (Wildman–Crippen MR) is 224 cm³/mol.